The fraction of sp³-hybridized carbons (Fsp3) is 0.462. The molecule has 1 aromatic rings. The van der Waals surface area contributed by atoms with Gasteiger partial charge in [-0.15, -0.1) is 12.4 Å². The van der Waals surface area contributed by atoms with E-state index in [1.165, 1.54) is 0 Å². The van der Waals surface area contributed by atoms with Gasteiger partial charge in [-0.3, -0.25) is 4.90 Å². The van der Waals surface area contributed by atoms with E-state index in [2.05, 4.69) is 5.32 Å². The number of nitrogens with one attached hydrogen (secondary N) is 1. The summed E-state index contributed by atoms with van der Waals surface area (Å²) in [4.78, 5) is 13.8. The van der Waals surface area contributed by atoms with Gasteiger partial charge in [0.2, 0.25) is 0 Å². The Hall–Kier alpha value is -0.970. The van der Waals surface area contributed by atoms with Gasteiger partial charge in [-0.1, -0.05) is 17.7 Å². The van der Waals surface area contributed by atoms with Gasteiger partial charge in [0.25, 0.3) is 0 Å². The van der Waals surface area contributed by atoms with Crippen LogP contribution in [0.15, 0.2) is 18.2 Å². The van der Waals surface area contributed by atoms with Crippen molar-refractivity contribution >= 4 is 35.8 Å². The minimum atomic E-state index is -0.253. The average Bonchev–Trinajstić information content (AvgIpc) is 2.40. The molecule has 1 fully saturated rings. The van der Waals surface area contributed by atoms with Gasteiger partial charge in [-0.2, -0.15) is 0 Å². The molecule has 19 heavy (non-hydrogen) atoms. The topological polar surface area (TPSA) is 41.6 Å². The molecule has 0 unspecified atom stereocenters. The summed E-state index contributed by atoms with van der Waals surface area (Å²) in [6.45, 7) is 2.14. The Bertz CT molecular complexity index is 476. The number of carbonyl (C=O) groups is 1. The summed E-state index contributed by atoms with van der Waals surface area (Å²) in [5.74, 6) is 0. The van der Waals surface area contributed by atoms with E-state index in [-0.39, 0.29) is 31.1 Å². The molecule has 0 saturated carbocycles. The van der Waals surface area contributed by atoms with Crippen LogP contribution in [0.2, 0.25) is 5.02 Å². The predicted molar refractivity (Wildman–Crippen MR) is 77.3 cm³/mol. The van der Waals surface area contributed by atoms with Crippen molar-refractivity contribution in [3.63, 3.8) is 0 Å². The van der Waals surface area contributed by atoms with E-state index < -0.39 is 0 Å². The van der Waals surface area contributed by atoms with E-state index >= 15 is 0 Å². The average molecular weight is 303 g/mol. The van der Waals surface area contributed by atoms with Crippen LogP contribution in [-0.4, -0.2) is 25.2 Å². The normalized spacial score (nSPS) is 19.4. The maximum absolute atomic E-state index is 12.0. The summed E-state index contributed by atoms with van der Waals surface area (Å²) >= 11 is 6.16. The zero-order valence-corrected chi connectivity index (χ0v) is 12.0. The lowest BCUT2D eigenvalue weighted by atomic mass is 10.0. The maximum Gasteiger partial charge on any atom is 0.414 e. The van der Waals surface area contributed by atoms with E-state index in [0.717, 1.165) is 37.2 Å². The molecule has 3 rings (SSSR count). The van der Waals surface area contributed by atoms with Gasteiger partial charge in [0.1, 0.15) is 6.61 Å². The zero-order valence-electron chi connectivity index (χ0n) is 10.4. The SMILES string of the molecule is Cl.O=C1OCc2c(Cl)cccc2N1C1CCNCC1. The van der Waals surface area contributed by atoms with E-state index in [1.807, 2.05) is 18.2 Å². The summed E-state index contributed by atoms with van der Waals surface area (Å²) in [5, 5.41) is 3.96. The molecule has 6 heteroatoms. The molecule has 2 aliphatic heterocycles. The van der Waals surface area contributed by atoms with Gasteiger partial charge >= 0.3 is 6.09 Å². The number of cyclic esters (lactones) is 1. The maximum atomic E-state index is 12.0. The van der Waals surface area contributed by atoms with Crippen LogP contribution in [0.5, 0.6) is 0 Å². The summed E-state index contributed by atoms with van der Waals surface area (Å²) in [6.07, 6.45) is 1.64. The Balaban J connectivity index is 0.00000133. The number of nitrogens with zero attached hydrogens (tertiary/aromatic N) is 1. The van der Waals surface area contributed by atoms with Crippen molar-refractivity contribution in [3.8, 4) is 0 Å². The van der Waals surface area contributed by atoms with Crippen LogP contribution in [0.1, 0.15) is 18.4 Å². The molecule has 0 aromatic heterocycles. The third kappa shape index (κ3) is 2.66. The van der Waals surface area contributed by atoms with Crippen molar-refractivity contribution in [1.82, 2.24) is 5.32 Å². The first-order valence-corrected chi connectivity index (χ1v) is 6.59. The molecule has 1 N–H and O–H groups in total. The molecule has 0 radical (unpaired) electrons. The number of amides is 1. The highest BCUT2D eigenvalue weighted by atomic mass is 35.5. The third-order valence-corrected chi connectivity index (χ3v) is 3.92. The summed E-state index contributed by atoms with van der Waals surface area (Å²) in [7, 11) is 0. The number of ether oxygens (including phenoxy) is 1. The zero-order chi connectivity index (χ0) is 12.5. The number of anilines is 1. The highest BCUT2D eigenvalue weighted by Gasteiger charge is 2.33. The molecule has 1 saturated heterocycles. The number of piperidine rings is 1. The molecule has 1 amide bonds. The predicted octanol–water partition coefficient (Wildman–Crippen LogP) is 2.97. The van der Waals surface area contributed by atoms with Gasteiger partial charge in [0, 0.05) is 16.6 Å². The van der Waals surface area contributed by atoms with Gasteiger partial charge in [0.05, 0.1) is 5.69 Å². The second kappa shape index (κ2) is 5.99. The summed E-state index contributed by atoms with van der Waals surface area (Å²) in [6, 6.07) is 5.87. The Morgan fingerprint density at radius 1 is 1.32 bits per heavy atom. The first-order valence-electron chi connectivity index (χ1n) is 6.21. The molecule has 2 aliphatic rings. The van der Waals surface area contributed by atoms with Crippen molar-refractivity contribution in [3.05, 3.63) is 28.8 Å². The highest BCUT2D eigenvalue weighted by molar-refractivity contribution is 6.32. The van der Waals surface area contributed by atoms with Crippen LogP contribution in [0.3, 0.4) is 0 Å². The van der Waals surface area contributed by atoms with Crippen LogP contribution in [0, 0.1) is 0 Å². The molecule has 4 nitrogen and oxygen atoms in total. The fourth-order valence-corrected chi connectivity index (χ4v) is 2.85. The minimum absolute atomic E-state index is 0. The third-order valence-electron chi connectivity index (χ3n) is 3.56. The standard InChI is InChI=1S/C13H15ClN2O2.ClH/c14-11-2-1-3-12-10(11)8-18-13(17)16(12)9-4-6-15-7-5-9;/h1-3,9,15H,4-8H2;1H. The molecule has 0 aliphatic carbocycles. The van der Waals surface area contributed by atoms with Crippen LogP contribution < -0.4 is 10.2 Å². The van der Waals surface area contributed by atoms with Crippen LogP contribution in [-0.2, 0) is 11.3 Å². The summed E-state index contributed by atoms with van der Waals surface area (Å²) < 4.78 is 5.23. The number of hydrogen-bond acceptors (Lipinski definition) is 3. The van der Waals surface area contributed by atoms with Crippen molar-refractivity contribution in [2.45, 2.75) is 25.5 Å². The Kier molecular flexibility index (Phi) is 4.55. The lowest BCUT2D eigenvalue weighted by molar-refractivity contribution is 0.137. The van der Waals surface area contributed by atoms with Crippen LogP contribution in [0.4, 0.5) is 10.5 Å². The molecule has 0 spiro atoms. The lowest BCUT2D eigenvalue weighted by Gasteiger charge is -2.37. The second-order valence-electron chi connectivity index (χ2n) is 4.64. The number of carbonyl (C=O) groups excluding carboxylic acids is 1. The number of fused-ring (bicyclic) bond motifs is 1. The van der Waals surface area contributed by atoms with Gasteiger partial charge in [0.15, 0.2) is 0 Å². The first-order chi connectivity index (χ1) is 8.77. The van der Waals surface area contributed by atoms with E-state index in [9.17, 15) is 4.79 Å². The first kappa shape index (κ1) is 14.4. The molecule has 0 atom stereocenters. The van der Waals surface area contributed by atoms with Crippen molar-refractivity contribution in [1.29, 1.82) is 0 Å². The van der Waals surface area contributed by atoms with E-state index in [0.29, 0.717) is 5.02 Å². The molecular weight excluding hydrogens is 287 g/mol. The van der Waals surface area contributed by atoms with Crippen molar-refractivity contribution in [2.24, 2.45) is 0 Å². The summed E-state index contributed by atoms with van der Waals surface area (Å²) in [5.41, 5.74) is 1.82. The molecule has 104 valence electrons. The molecule has 0 bridgehead atoms. The smallest absolute Gasteiger partial charge is 0.414 e. The van der Waals surface area contributed by atoms with E-state index in [4.69, 9.17) is 16.3 Å². The minimum Gasteiger partial charge on any atom is -0.444 e. The molecule has 1 aromatic carbocycles. The number of hydrogen-bond donors (Lipinski definition) is 1. The van der Waals surface area contributed by atoms with E-state index in [1.54, 1.807) is 4.90 Å². The number of rotatable bonds is 1. The van der Waals surface area contributed by atoms with Gasteiger partial charge in [-0.25, -0.2) is 4.79 Å². The molecular formula is C13H16Cl2N2O2. The van der Waals surface area contributed by atoms with Gasteiger partial charge in [-0.05, 0) is 38.1 Å². The number of halogens is 2. The van der Waals surface area contributed by atoms with Crippen molar-refractivity contribution in [2.75, 3.05) is 18.0 Å². The second-order valence-corrected chi connectivity index (χ2v) is 5.05. The Morgan fingerprint density at radius 2 is 2.05 bits per heavy atom. The lowest BCUT2D eigenvalue weighted by Crippen LogP contribution is -2.48. The van der Waals surface area contributed by atoms with Gasteiger partial charge < -0.3 is 10.1 Å². The Labute approximate surface area is 123 Å². The Morgan fingerprint density at radius 3 is 2.79 bits per heavy atom. The number of benzene rings is 1. The van der Waals surface area contributed by atoms with Crippen LogP contribution >= 0.6 is 24.0 Å². The van der Waals surface area contributed by atoms with Crippen molar-refractivity contribution < 1.29 is 9.53 Å². The monoisotopic (exact) mass is 302 g/mol. The highest BCUT2D eigenvalue weighted by Crippen LogP contribution is 2.35. The molecule has 2 heterocycles. The fourth-order valence-electron chi connectivity index (χ4n) is 2.63. The quantitative estimate of drug-likeness (QED) is 0.867. The van der Waals surface area contributed by atoms with Crippen LogP contribution in [0.25, 0.3) is 0 Å². The largest absolute Gasteiger partial charge is 0.444 e.